The summed E-state index contributed by atoms with van der Waals surface area (Å²) in [5.74, 6) is 0.446. The molecule has 0 aliphatic carbocycles. The first-order valence-corrected chi connectivity index (χ1v) is 11.4. The number of rotatable bonds is 6. The fraction of sp³-hybridized carbons (Fsp3) is 0.522. The molecule has 0 bridgehead atoms. The number of halogens is 1. The van der Waals surface area contributed by atoms with Gasteiger partial charge in [-0.15, -0.1) is 0 Å². The van der Waals surface area contributed by atoms with Crippen LogP contribution in [-0.2, 0) is 21.3 Å². The highest BCUT2D eigenvalue weighted by Crippen LogP contribution is 2.28. The molecule has 1 aromatic carbocycles. The van der Waals surface area contributed by atoms with Crippen molar-refractivity contribution in [2.75, 3.05) is 52.6 Å². The van der Waals surface area contributed by atoms with Gasteiger partial charge in [-0.05, 0) is 36.8 Å². The Balaban J connectivity index is 1.54. The Morgan fingerprint density at radius 1 is 1.15 bits per heavy atom. The molecule has 2 aliphatic heterocycles. The second-order valence-corrected chi connectivity index (χ2v) is 8.88. The molecule has 2 amide bonds. The van der Waals surface area contributed by atoms with Crippen LogP contribution in [0, 0.1) is 6.92 Å². The van der Waals surface area contributed by atoms with Gasteiger partial charge in [0.1, 0.15) is 23.7 Å². The third kappa shape index (κ3) is 5.48. The van der Waals surface area contributed by atoms with Gasteiger partial charge in [0.05, 0.1) is 32.8 Å². The van der Waals surface area contributed by atoms with E-state index in [0.717, 1.165) is 5.56 Å². The van der Waals surface area contributed by atoms with Crippen LogP contribution in [0.4, 0.5) is 0 Å². The van der Waals surface area contributed by atoms with Crippen LogP contribution in [-0.4, -0.2) is 89.6 Å². The molecular weight excluding hydrogens is 448 g/mol. The van der Waals surface area contributed by atoms with Crippen molar-refractivity contribution in [3.8, 4) is 5.75 Å². The average Bonchev–Trinajstić information content (AvgIpc) is 3.26. The largest absolute Gasteiger partial charge is 0.490 e. The zero-order chi connectivity index (χ0) is 23.4. The Morgan fingerprint density at radius 3 is 2.61 bits per heavy atom. The van der Waals surface area contributed by atoms with E-state index >= 15 is 0 Å². The van der Waals surface area contributed by atoms with Crippen LogP contribution in [0.25, 0.3) is 0 Å². The lowest BCUT2D eigenvalue weighted by molar-refractivity contribution is -0.155. The van der Waals surface area contributed by atoms with Gasteiger partial charge in [-0.3, -0.25) is 14.3 Å². The molecule has 178 valence electrons. The van der Waals surface area contributed by atoms with E-state index in [1.807, 2.05) is 13.0 Å². The van der Waals surface area contributed by atoms with Crippen LogP contribution < -0.4 is 4.74 Å². The lowest BCUT2D eigenvalue weighted by Crippen LogP contribution is -2.59. The number of hydrogen-bond acceptors (Lipinski definition) is 6. The van der Waals surface area contributed by atoms with Crippen molar-refractivity contribution in [1.82, 2.24) is 19.6 Å². The molecule has 33 heavy (non-hydrogen) atoms. The van der Waals surface area contributed by atoms with Crippen LogP contribution in [0.3, 0.4) is 0 Å². The summed E-state index contributed by atoms with van der Waals surface area (Å²) in [7, 11) is 1.73. The summed E-state index contributed by atoms with van der Waals surface area (Å²) in [6.45, 7) is 5.13. The zero-order valence-electron chi connectivity index (χ0n) is 19.0. The van der Waals surface area contributed by atoms with Gasteiger partial charge in [0.15, 0.2) is 0 Å². The summed E-state index contributed by atoms with van der Waals surface area (Å²) < 4.78 is 19.2. The zero-order valence-corrected chi connectivity index (χ0v) is 19.7. The minimum atomic E-state index is -0.977. The first-order valence-electron chi connectivity index (χ1n) is 11.0. The van der Waals surface area contributed by atoms with Gasteiger partial charge in [0.25, 0.3) is 5.91 Å². The predicted octanol–water partition coefficient (Wildman–Crippen LogP) is 1.92. The van der Waals surface area contributed by atoms with E-state index in [0.29, 0.717) is 55.9 Å². The average molecular weight is 477 g/mol. The quantitative estimate of drug-likeness (QED) is 0.633. The highest BCUT2D eigenvalue weighted by molar-refractivity contribution is 6.31. The van der Waals surface area contributed by atoms with Crippen LogP contribution >= 0.6 is 11.6 Å². The molecule has 2 aliphatic rings. The summed E-state index contributed by atoms with van der Waals surface area (Å²) in [4.78, 5) is 29.8. The summed E-state index contributed by atoms with van der Waals surface area (Å²) in [6, 6.07) is 7.10. The number of nitrogens with zero attached hydrogens (tertiary/aromatic N) is 4. The molecule has 0 saturated carbocycles. The lowest BCUT2D eigenvalue weighted by Gasteiger charge is -2.43. The monoisotopic (exact) mass is 476 g/mol. The Hall–Kier alpha value is -2.62. The van der Waals surface area contributed by atoms with E-state index in [4.69, 9.17) is 25.8 Å². The van der Waals surface area contributed by atoms with Crippen molar-refractivity contribution < 1.29 is 23.8 Å². The van der Waals surface area contributed by atoms with Crippen molar-refractivity contribution in [3.05, 3.63) is 46.7 Å². The Labute approximate surface area is 198 Å². The van der Waals surface area contributed by atoms with E-state index in [-0.39, 0.29) is 31.4 Å². The van der Waals surface area contributed by atoms with E-state index in [1.54, 1.807) is 45.9 Å². The van der Waals surface area contributed by atoms with Crippen molar-refractivity contribution in [2.24, 2.45) is 7.05 Å². The molecule has 2 aromatic rings. The van der Waals surface area contributed by atoms with Crippen molar-refractivity contribution in [3.63, 3.8) is 0 Å². The number of amides is 2. The maximum Gasteiger partial charge on any atom is 0.272 e. The van der Waals surface area contributed by atoms with Gasteiger partial charge in [-0.25, -0.2) is 0 Å². The summed E-state index contributed by atoms with van der Waals surface area (Å²) in [6.07, 6.45) is 1.70. The van der Waals surface area contributed by atoms with Gasteiger partial charge in [0, 0.05) is 37.9 Å². The third-order valence-electron chi connectivity index (χ3n) is 6.04. The Kier molecular flexibility index (Phi) is 7.21. The van der Waals surface area contributed by atoms with Crippen molar-refractivity contribution >= 4 is 23.4 Å². The fourth-order valence-electron chi connectivity index (χ4n) is 4.13. The molecule has 4 rings (SSSR count). The van der Waals surface area contributed by atoms with Crippen molar-refractivity contribution in [2.45, 2.75) is 18.9 Å². The minimum Gasteiger partial charge on any atom is -0.490 e. The number of carbonyl (C=O) groups is 2. The van der Waals surface area contributed by atoms with E-state index < -0.39 is 5.60 Å². The molecular formula is C23H29ClN4O5. The molecule has 0 N–H and O–H groups in total. The smallest absolute Gasteiger partial charge is 0.272 e. The number of ether oxygens (including phenoxy) is 3. The molecule has 0 unspecified atom stereocenters. The topological polar surface area (TPSA) is 86.1 Å². The first kappa shape index (κ1) is 23.5. The standard InChI is InChI=1S/C23H29ClN4O5/c1-17-13-18(3-4-19(17)24)32-16-23(14-21(29)27-7-10-31-11-8-27)15-28(9-12-33-23)22(30)20-5-6-25-26(20)2/h3-6,13H,7-12,14-16H2,1-2H3/t23-/m0/s1. The van der Waals surface area contributed by atoms with Gasteiger partial charge in [0.2, 0.25) is 5.91 Å². The SMILES string of the molecule is Cc1cc(OC[C@]2(CC(=O)N3CCOCC3)CN(C(=O)c3ccnn3C)CCO2)ccc1Cl. The highest BCUT2D eigenvalue weighted by atomic mass is 35.5. The summed E-state index contributed by atoms with van der Waals surface area (Å²) in [5.41, 5.74) is 0.403. The summed E-state index contributed by atoms with van der Waals surface area (Å²) in [5, 5.41) is 4.75. The third-order valence-corrected chi connectivity index (χ3v) is 6.47. The normalized spacial score (nSPS) is 21.2. The van der Waals surface area contributed by atoms with Crippen molar-refractivity contribution in [1.29, 1.82) is 0 Å². The number of benzene rings is 1. The van der Waals surface area contributed by atoms with Gasteiger partial charge < -0.3 is 24.0 Å². The Morgan fingerprint density at radius 2 is 1.91 bits per heavy atom. The van der Waals surface area contributed by atoms with Crippen LogP contribution in [0.15, 0.2) is 30.5 Å². The maximum absolute atomic E-state index is 13.2. The Bertz CT molecular complexity index is 1010. The van der Waals surface area contributed by atoms with Crippen LogP contribution in [0.2, 0.25) is 5.02 Å². The number of hydrogen-bond donors (Lipinski definition) is 0. The molecule has 2 saturated heterocycles. The molecule has 1 aromatic heterocycles. The molecule has 0 radical (unpaired) electrons. The first-order chi connectivity index (χ1) is 15.9. The minimum absolute atomic E-state index is 0.0379. The summed E-state index contributed by atoms with van der Waals surface area (Å²) >= 11 is 6.14. The predicted molar refractivity (Wildman–Crippen MR) is 121 cm³/mol. The molecule has 9 nitrogen and oxygen atoms in total. The van der Waals surface area contributed by atoms with Gasteiger partial charge >= 0.3 is 0 Å². The van der Waals surface area contributed by atoms with Crippen LogP contribution in [0.1, 0.15) is 22.5 Å². The number of morpholine rings is 2. The molecule has 0 spiro atoms. The lowest BCUT2D eigenvalue weighted by atomic mass is 9.96. The molecule has 3 heterocycles. The fourth-order valence-corrected chi connectivity index (χ4v) is 4.25. The number of carbonyl (C=O) groups excluding carboxylic acids is 2. The molecule has 2 fully saturated rings. The maximum atomic E-state index is 13.2. The molecule has 1 atom stereocenters. The van der Waals surface area contributed by atoms with Gasteiger partial charge in [-0.1, -0.05) is 11.6 Å². The molecule has 10 heteroatoms. The number of aryl methyl sites for hydroxylation is 2. The van der Waals surface area contributed by atoms with E-state index in [1.165, 1.54) is 0 Å². The van der Waals surface area contributed by atoms with Gasteiger partial charge in [-0.2, -0.15) is 5.10 Å². The second-order valence-electron chi connectivity index (χ2n) is 8.47. The highest BCUT2D eigenvalue weighted by Gasteiger charge is 2.43. The number of aromatic nitrogens is 2. The second kappa shape index (κ2) is 10.1. The van der Waals surface area contributed by atoms with E-state index in [9.17, 15) is 9.59 Å². The van der Waals surface area contributed by atoms with E-state index in [2.05, 4.69) is 5.10 Å². The van der Waals surface area contributed by atoms with Crippen LogP contribution in [0.5, 0.6) is 5.75 Å².